The van der Waals surface area contributed by atoms with E-state index in [9.17, 15) is 4.79 Å². The summed E-state index contributed by atoms with van der Waals surface area (Å²) in [6.45, 7) is 2.84. The van der Waals surface area contributed by atoms with Gasteiger partial charge in [0.25, 0.3) is 5.91 Å². The van der Waals surface area contributed by atoms with E-state index in [0.29, 0.717) is 24.7 Å². The van der Waals surface area contributed by atoms with Crippen LogP contribution in [0.1, 0.15) is 10.5 Å². The molecule has 1 rings (SSSR count). The van der Waals surface area contributed by atoms with Crippen LogP contribution in [0.25, 0.3) is 0 Å². The molecule has 19 heavy (non-hydrogen) atoms. The van der Waals surface area contributed by atoms with E-state index in [1.807, 2.05) is 7.05 Å². The number of methoxy groups -OCH3 is 1. The van der Waals surface area contributed by atoms with Crippen LogP contribution in [-0.2, 0) is 4.74 Å². The highest BCUT2D eigenvalue weighted by Crippen LogP contribution is 1.99. The summed E-state index contributed by atoms with van der Waals surface area (Å²) < 4.78 is 4.98. The zero-order valence-electron chi connectivity index (χ0n) is 11.6. The Kier molecular flexibility index (Phi) is 6.76. The van der Waals surface area contributed by atoms with Crippen molar-refractivity contribution in [2.24, 2.45) is 0 Å². The third-order valence-electron chi connectivity index (χ3n) is 2.60. The van der Waals surface area contributed by atoms with Crippen LogP contribution in [0.5, 0.6) is 0 Å². The Morgan fingerprint density at radius 3 is 2.74 bits per heavy atom. The normalized spacial score (nSPS) is 10.5. The molecule has 0 saturated heterocycles. The molecule has 1 heterocycles. The minimum atomic E-state index is -0.213. The van der Waals surface area contributed by atoms with Gasteiger partial charge in [-0.2, -0.15) is 0 Å². The van der Waals surface area contributed by atoms with Gasteiger partial charge < -0.3 is 20.3 Å². The average Bonchev–Trinajstić information content (AvgIpc) is 2.45. The minimum absolute atomic E-state index is 0.213. The molecule has 0 spiro atoms. The summed E-state index contributed by atoms with van der Waals surface area (Å²) in [4.78, 5) is 21.9. The molecule has 0 aromatic carbocycles. The van der Waals surface area contributed by atoms with E-state index in [0.717, 1.165) is 13.1 Å². The predicted octanol–water partition coefficient (Wildman–Crippen LogP) is -0.174. The van der Waals surface area contributed by atoms with E-state index in [4.69, 9.17) is 4.74 Å². The molecule has 0 unspecified atom stereocenters. The first-order valence-corrected chi connectivity index (χ1v) is 6.13. The number of rotatable bonds is 8. The summed E-state index contributed by atoms with van der Waals surface area (Å²) in [7, 11) is 5.40. The fraction of sp³-hybridized carbons (Fsp3) is 0.583. The fourth-order valence-corrected chi connectivity index (χ4v) is 1.38. The summed E-state index contributed by atoms with van der Waals surface area (Å²) in [5.41, 5.74) is 0.318. The Balaban J connectivity index is 2.30. The third kappa shape index (κ3) is 5.62. The number of hydrogen-bond acceptors (Lipinski definition) is 6. The Bertz CT molecular complexity index is 382. The quantitative estimate of drug-likeness (QED) is 0.680. The van der Waals surface area contributed by atoms with Crippen LogP contribution in [0.3, 0.4) is 0 Å². The Morgan fingerprint density at radius 1 is 1.37 bits per heavy atom. The van der Waals surface area contributed by atoms with Gasteiger partial charge in [-0.05, 0) is 7.05 Å². The topological polar surface area (TPSA) is 79.4 Å². The lowest BCUT2D eigenvalue weighted by atomic mass is 10.4. The van der Waals surface area contributed by atoms with Gasteiger partial charge in [0.2, 0.25) is 0 Å². The van der Waals surface area contributed by atoms with E-state index in [2.05, 4.69) is 25.5 Å². The van der Waals surface area contributed by atoms with E-state index in [1.54, 1.807) is 14.2 Å². The van der Waals surface area contributed by atoms with E-state index in [1.165, 1.54) is 12.4 Å². The molecule has 106 valence electrons. The lowest BCUT2D eigenvalue weighted by Gasteiger charge is -2.15. The number of likely N-dealkylation sites (N-methyl/N-ethyl adjacent to an activating group) is 1. The van der Waals surface area contributed by atoms with Gasteiger partial charge >= 0.3 is 0 Å². The first-order valence-electron chi connectivity index (χ1n) is 6.13. The van der Waals surface area contributed by atoms with Crippen molar-refractivity contribution < 1.29 is 9.53 Å². The number of carbonyl (C=O) groups excluding carboxylic acids is 1. The second-order valence-corrected chi connectivity index (χ2v) is 4.09. The summed E-state index contributed by atoms with van der Waals surface area (Å²) >= 11 is 0. The van der Waals surface area contributed by atoms with Crippen LogP contribution in [0.2, 0.25) is 0 Å². The van der Waals surface area contributed by atoms with Crippen molar-refractivity contribution in [2.45, 2.75) is 0 Å². The highest BCUT2D eigenvalue weighted by atomic mass is 16.5. The molecule has 2 N–H and O–H groups in total. The lowest BCUT2D eigenvalue weighted by molar-refractivity contribution is 0.0942. The maximum Gasteiger partial charge on any atom is 0.271 e. The first-order chi connectivity index (χ1) is 9.17. The standard InChI is InChI=1S/C12H21N5O2/c1-13-11-9-15-10(8-16-11)12(18)14-4-5-17(2)6-7-19-3/h8-9H,4-7H2,1-3H3,(H,13,16)(H,14,18). The average molecular weight is 267 g/mol. The van der Waals surface area contributed by atoms with Crippen molar-refractivity contribution >= 4 is 11.7 Å². The summed E-state index contributed by atoms with van der Waals surface area (Å²) in [6.07, 6.45) is 2.98. The number of hydrogen-bond donors (Lipinski definition) is 2. The van der Waals surface area contributed by atoms with E-state index >= 15 is 0 Å². The minimum Gasteiger partial charge on any atom is -0.383 e. The molecule has 0 atom stereocenters. The molecule has 0 radical (unpaired) electrons. The number of amides is 1. The predicted molar refractivity (Wildman–Crippen MR) is 73.3 cm³/mol. The molecule has 7 heteroatoms. The number of nitrogens with zero attached hydrogens (tertiary/aromatic N) is 3. The number of nitrogens with one attached hydrogen (secondary N) is 2. The molecule has 0 saturated carbocycles. The molecule has 0 fully saturated rings. The highest BCUT2D eigenvalue weighted by Gasteiger charge is 2.07. The van der Waals surface area contributed by atoms with Crippen molar-refractivity contribution in [3.05, 3.63) is 18.1 Å². The summed E-state index contributed by atoms with van der Waals surface area (Å²) in [5, 5.41) is 5.65. The van der Waals surface area contributed by atoms with E-state index in [-0.39, 0.29) is 5.91 Å². The largest absolute Gasteiger partial charge is 0.383 e. The lowest BCUT2D eigenvalue weighted by Crippen LogP contribution is -2.34. The zero-order valence-corrected chi connectivity index (χ0v) is 11.6. The molecular weight excluding hydrogens is 246 g/mol. The maximum atomic E-state index is 11.8. The van der Waals surface area contributed by atoms with Crippen LogP contribution >= 0.6 is 0 Å². The second kappa shape index (κ2) is 8.39. The van der Waals surface area contributed by atoms with Gasteiger partial charge in [0, 0.05) is 33.8 Å². The highest BCUT2D eigenvalue weighted by molar-refractivity contribution is 5.91. The number of aromatic nitrogens is 2. The van der Waals surface area contributed by atoms with Crippen LogP contribution < -0.4 is 10.6 Å². The molecule has 1 aromatic heterocycles. The number of anilines is 1. The molecule has 1 aromatic rings. The number of ether oxygens (including phenoxy) is 1. The van der Waals surface area contributed by atoms with Gasteiger partial charge in [-0.25, -0.2) is 9.97 Å². The fourth-order valence-electron chi connectivity index (χ4n) is 1.38. The van der Waals surface area contributed by atoms with Gasteiger partial charge in [0.1, 0.15) is 11.5 Å². The van der Waals surface area contributed by atoms with Gasteiger partial charge in [0.05, 0.1) is 19.0 Å². The summed E-state index contributed by atoms with van der Waals surface area (Å²) in [6, 6.07) is 0. The van der Waals surface area contributed by atoms with Crippen molar-refractivity contribution in [2.75, 3.05) is 52.8 Å². The molecule has 1 amide bonds. The first kappa shape index (κ1) is 15.3. The van der Waals surface area contributed by atoms with Crippen molar-refractivity contribution in [1.82, 2.24) is 20.2 Å². The smallest absolute Gasteiger partial charge is 0.271 e. The van der Waals surface area contributed by atoms with Crippen molar-refractivity contribution in [3.63, 3.8) is 0 Å². The van der Waals surface area contributed by atoms with Crippen LogP contribution in [0.4, 0.5) is 5.82 Å². The third-order valence-corrected chi connectivity index (χ3v) is 2.60. The molecule has 0 aliphatic carbocycles. The van der Waals surface area contributed by atoms with Gasteiger partial charge in [-0.1, -0.05) is 0 Å². The molecule has 0 aliphatic rings. The van der Waals surface area contributed by atoms with E-state index < -0.39 is 0 Å². The van der Waals surface area contributed by atoms with Crippen LogP contribution in [-0.4, -0.2) is 68.2 Å². The van der Waals surface area contributed by atoms with Crippen molar-refractivity contribution in [1.29, 1.82) is 0 Å². The maximum absolute atomic E-state index is 11.8. The monoisotopic (exact) mass is 267 g/mol. The Labute approximate surface area is 113 Å². The Hall–Kier alpha value is -1.73. The molecule has 0 bridgehead atoms. The summed E-state index contributed by atoms with van der Waals surface area (Å²) in [5.74, 6) is 0.422. The second-order valence-electron chi connectivity index (χ2n) is 4.09. The number of carbonyl (C=O) groups is 1. The zero-order chi connectivity index (χ0) is 14.1. The molecular formula is C12H21N5O2. The van der Waals surface area contributed by atoms with Crippen LogP contribution in [0, 0.1) is 0 Å². The van der Waals surface area contributed by atoms with Gasteiger partial charge in [-0.15, -0.1) is 0 Å². The van der Waals surface area contributed by atoms with Crippen molar-refractivity contribution in [3.8, 4) is 0 Å². The SMILES string of the molecule is CNc1cnc(C(=O)NCCN(C)CCOC)cn1. The van der Waals surface area contributed by atoms with Gasteiger partial charge in [-0.3, -0.25) is 4.79 Å². The van der Waals surface area contributed by atoms with Gasteiger partial charge in [0.15, 0.2) is 0 Å². The molecule has 7 nitrogen and oxygen atoms in total. The van der Waals surface area contributed by atoms with Crippen LogP contribution in [0.15, 0.2) is 12.4 Å². The Morgan fingerprint density at radius 2 is 2.16 bits per heavy atom. The molecule has 0 aliphatic heterocycles.